The lowest BCUT2D eigenvalue weighted by molar-refractivity contribution is -0.170. The van der Waals surface area contributed by atoms with Crippen LogP contribution in [-0.2, 0) is 20.7 Å². The topological polar surface area (TPSA) is 35.5 Å². The van der Waals surface area contributed by atoms with Crippen LogP contribution in [0, 0.1) is 0 Å². The zero-order valence-electron chi connectivity index (χ0n) is 7.81. The van der Waals surface area contributed by atoms with Gasteiger partial charge in [-0.3, -0.25) is 0 Å². The molecular formula is C11H12O3. The zero-order valence-corrected chi connectivity index (χ0v) is 7.81. The third kappa shape index (κ3) is 2.12. The summed E-state index contributed by atoms with van der Waals surface area (Å²) in [7, 11) is 0. The first-order valence-corrected chi connectivity index (χ1v) is 4.68. The van der Waals surface area contributed by atoms with E-state index in [1.54, 1.807) is 0 Å². The summed E-state index contributed by atoms with van der Waals surface area (Å²) in [4.78, 5) is 11.3. The summed E-state index contributed by atoms with van der Waals surface area (Å²) in [6, 6.07) is 9.80. The van der Waals surface area contributed by atoms with E-state index in [-0.39, 0.29) is 5.97 Å². The summed E-state index contributed by atoms with van der Waals surface area (Å²) < 4.78 is 10.2. The Labute approximate surface area is 82.6 Å². The smallest absolute Gasteiger partial charge is 0.335 e. The van der Waals surface area contributed by atoms with E-state index in [2.05, 4.69) is 0 Å². The maximum atomic E-state index is 11.3. The number of esters is 1. The molecule has 1 aromatic rings. The Kier molecular flexibility index (Phi) is 2.79. The Balaban J connectivity index is 2.00. The molecule has 1 aliphatic heterocycles. The molecule has 0 N–H and O–H groups in total. The van der Waals surface area contributed by atoms with Crippen LogP contribution in [0.15, 0.2) is 30.3 Å². The van der Waals surface area contributed by atoms with Crippen molar-refractivity contribution in [3.63, 3.8) is 0 Å². The molecule has 1 atom stereocenters. The second-order valence-corrected chi connectivity index (χ2v) is 3.22. The van der Waals surface area contributed by atoms with Gasteiger partial charge in [-0.1, -0.05) is 30.3 Å². The number of carbonyl (C=O) groups excluding carboxylic acids is 1. The molecule has 1 heterocycles. The second kappa shape index (κ2) is 4.24. The van der Waals surface area contributed by atoms with Gasteiger partial charge in [-0.05, 0) is 5.56 Å². The van der Waals surface area contributed by atoms with Crippen LogP contribution < -0.4 is 0 Å². The lowest BCUT2D eigenvalue weighted by Gasteiger charge is -2.21. The average Bonchev–Trinajstić information content (AvgIpc) is 2.23. The molecule has 0 aliphatic carbocycles. The molecule has 1 saturated heterocycles. The standard InChI is InChI=1S/C11H12O3/c12-11-10(13-6-7-14-11)8-9-4-2-1-3-5-9/h1-5,10H,6-8H2. The van der Waals surface area contributed by atoms with Gasteiger partial charge in [-0.25, -0.2) is 4.79 Å². The molecule has 0 spiro atoms. The Morgan fingerprint density at radius 2 is 2.00 bits per heavy atom. The van der Waals surface area contributed by atoms with Gasteiger partial charge in [0.25, 0.3) is 0 Å². The number of cyclic esters (lactones) is 1. The summed E-state index contributed by atoms with van der Waals surface area (Å²) in [6.45, 7) is 0.882. The average molecular weight is 192 g/mol. The third-order valence-electron chi connectivity index (χ3n) is 2.17. The van der Waals surface area contributed by atoms with Gasteiger partial charge < -0.3 is 9.47 Å². The highest BCUT2D eigenvalue weighted by Gasteiger charge is 2.24. The molecule has 2 rings (SSSR count). The van der Waals surface area contributed by atoms with E-state index < -0.39 is 6.10 Å². The molecule has 0 bridgehead atoms. The molecule has 3 heteroatoms. The van der Waals surface area contributed by atoms with Gasteiger partial charge in [0.2, 0.25) is 0 Å². The van der Waals surface area contributed by atoms with E-state index in [0.717, 1.165) is 5.56 Å². The highest BCUT2D eigenvalue weighted by Crippen LogP contribution is 2.10. The minimum Gasteiger partial charge on any atom is -0.461 e. The monoisotopic (exact) mass is 192 g/mol. The van der Waals surface area contributed by atoms with Crippen molar-refractivity contribution in [1.82, 2.24) is 0 Å². The Morgan fingerprint density at radius 1 is 1.21 bits per heavy atom. The van der Waals surface area contributed by atoms with E-state index in [9.17, 15) is 4.79 Å². The fourth-order valence-corrected chi connectivity index (χ4v) is 1.46. The van der Waals surface area contributed by atoms with Crippen LogP contribution in [0.5, 0.6) is 0 Å². The predicted octanol–water partition coefficient (Wildman–Crippen LogP) is 1.17. The normalized spacial score (nSPS) is 21.7. The van der Waals surface area contributed by atoms with E-state index in [0.29, 0.717) is 19.6 Å². The van der Waals surface area contributed by atoms with Gasteiger partial charge in [0.1, 0.15) is 6.61 Å². The van der Waals surface area contributed by atoms with Crippen LogP contribution in [0.25, 0.3) is 0 Å². The second-order valence-electron chi connectivity index (χ2n) is 3.22. The minimum atomic E-state index is -0.425. The number of hydrogen-bond acceptors (Lipinski definition) is 3. The predicted molar refractivity (Wildman–Crippen MR) is 50.8 cm³/mol. The fraction of sp³-hybridized carbons (Fsp3) is 0.364. The Bertz CT molecular complexity index is 308. The van der Waals surface area contributed by atoms with Crippen molar-refractivity contribution in [2.24, 2.45) is 0 Å². The molecule has 0 amide bonds. The Hall–Kier alpha value is -1.35. The van der Waals surface area contributed by atoms with E-state index in [1.807, 2.05) is 30.3 Å². The Morgan fingerprint density at radius 3 is 2.71 bits per heavy atom. The molecule has 1 fully saturated rings. The van der Waals surface area contributed by atoms with Gasteiger partial charge in [0, 0.05) is 6.42 Å². The van der Waals surface area contributed by atoms with Crippen molar-refractivity contribution in [1.29, 1.82) is 0 Å². The van der Waals surface area contributed by atoms with Crippen LogP contribution in [0.1, 0.15) is 5.56 Å². The summed E-state index contributed by atoms with van der Waals surface area (Å²) in [6.07, 6.45) is 0.172. The number of rotatable bonds is 2. The summed E-state index contributed by atoms with van der Waals surface area (Å²) in [5.74, 6) is -0.250. The van der Waals surface area contributed by atoms with Gasteiger partial charge in [-0.15, -0.1) is 0 Å². The first-order valence-electron chi connectivity index (χ1n) is 4.68. The number of ether oxygens (including phenoxy) is 2. The van der Waals surface area contributed by atoms with E-state index in [1.165, 1.54) is 0 Å². The van der Waals surface area contributed by atoms with Gasteiger partial charge >= 0.3 is 5.97 Å². The maximum absolute atomic E-state index is 11.3. The van der Waals surface area contributed by atoms with Gasteiger partial charge in [-0.2, -0.15) is 0 Å². The van der Waals surface area contributed by atoms with Crippen LogP contribution in [0.4, 0.5) is 0 Å². The lowest BCUT2D eigenvalue weighted by atomic mass is 10.1. The zero-order chi connectivity index (χ0) is 9.80. The van der Waals surface area contributed by atoms with Gasteiger partial charge in [0.15, 0.2) is 6.10 Å². The highest BCUT2D eigenvalue weighted by molar-refractivity contribution is 5.75. The minimum absolute atomic E-state index is 0.250. The number of hydrogen-bond donors (Lipinski definition) is 0. The van der Waals surface area contributed by atoms with Crippen molar-refractivity contribution in [2.75, 3.05) is 13.2 Å². The molecule has 74 valence electrons. The first-order chi connectivity index (χ1) is 6.86. The van der Waals surface area contributed by atoms with Crippen molar-refractivity contribution in [3.8, 4) is 0 Å². The van der Waals surface area contributed by atoms with Crippen molar-refractivity contribution >= 4 is 5.97 Å². The van der Waals surface area contributed by atoms with Gasteiger partial charge in [0.05, 0.1) is 6.61 Å². The first kappa shape index (κ1) is 9.21. The quantitative estimate of drug-likeness (QED) is 0.660. The molecule has 1 aromatic carbocycles. The SMILES string of the molecule is O=C1OCCOC1Cc1ccccc1. The lowest BCUT2D eigenvalue weighted by Crippen LogP contribution is -2.35. The van der Waals surface area contributed by atoms with E-state index in [4.69, 9.17) is 9.47 Å². The molecule has 0 aromatic heterocycles. The summed E-state index contributed by atoms with van der Waals surface area (Å²) >= 11 is 0. The van der Waals surface area contributed by atoms with Crippen LogP contribution in [0.3, 0.4) is 0 Å². The molecule has 0 saturated carbocycles. The van der Waals surface area contributed by atoms with Crippen LogP contribution >= 0.6 is 0 Å². The van der Waals surface area contributed by atoms with Crippen molar-refractivity contribution < 1.29 is 14.3 Å². The molecule has 14 heavy (non-hydrogen) atoms. The number of carbonyl (C=O) groups is 1. The molecule has 1 unspecified atom stereocenters. The molecule has 1 aliphatic rings. The van der Waals surface area contributed by atoms with Crippen LogP contribution in [-0.4, -0.2) is 25.3 Å². The molecule has 3 nitrogen and oxygen atoms in total. The summed E-state index contributed by atoms with van der Waals surface area (Å²) in [5.41, 5.74) is 1.09. The van der Waals surface area contributed by atoms with Crippen molar-refractivity contribution in [3.05, 3.63) is 35.9 Å². The highest BCUT2D eigenvalue weighted by atomic mass is 16.6. The third-order valence-corrected chi connectivity index (χ3v) is 2.17. The van der Waals surface area contributed by atoms with E-state index >= 15 is 0 Å². The fourth-order valence-electron chi connectivity index (χ4n) is 1.46. The van der Waals surface area contributed by atoms with Crippen LogP contribution in [0.2, 0.25) is 0 Å². The maximum Gasteiger partial charge on any atom is 0.335 e. The van der Waals surface area contributed by atoms with Crippen molar-refractivity contribution in [2.45, 2.75) is 12.5 Å². The number of benzene rings is 1. The summed E-state index contributed by atoms with van der Waals surface area (Å²) in [5, 5.41) is 0. The molecular weight excluding hydrogens is 180 g/mol. The molecule has 0 radical (unpaired) electrons. The largest absolute Gasteiger partial charge is 0.461 e.